The number of anilines is 1. The van der Waals surface area contributed by atoms with Gasteiger partial charge in [0.2, 0.25) is 23.2 Å². The number of hydrogen-bond acceptors (Lipinski definition) is 9. The number of carbonyl (C=O) groups excluding carboxylic acids is 4. The van der Waals surface area contributed by atoms with E-state index in [0.717, 1.165) is 11.6 Å². The number of allylic oxidation sites excluding steroid dienone is 3. The number of rotatable bonds is 6. The summed E-state index contributed by atoms with van der Waals surface area (Å²) < 4.78 is 5.38. The first-order valence-corrected chi connectivity index (χ1v) is 11.7. The van der Waals surface area contributed by atoms with Crippen LogP contribution < -0.4 is 11.1 Å². The fourth-order valence-corrected chi connectivity index (χ4v) is 4.80. The van der Waals surface area contributed by atoms with Gasteiger partial charge in [-0.3, -0.25) is 19.2 Å². The number of hydrogen-bond donors (Lipinski definition) is 6. The number of aliphatic hydroxyl groups excluding tert-OH is 2. The molecule has 2 amide bonds. The third-order valence-electron chi connectivity index (χ3n) is 6.69. The fourth-order valence-electron chi connectivity index (χ4n) is 4.80. The number of primary amides is 1. The number of phenolic OH excluding ortho intramolecular Hbond substituents is 1. The molecule has 0 radical (unpaired) electrons. The lowest BCUT2D eigenvalue weighted by molar-refractivity contribution is -0.142. The minimum atomic E-state index is -2.83. The Morgan fingerprint density at radius 1 is 1.00 bits per heavy atom. The molecule has 0 aromatic heterocycles. The highest BCUT2D eigenvalue weighted by atomic mass is 16.5. The molecule has 0 saturated carbocycles. The summed E-state index contributed by atoms with van der Waals surface area (Å²) in [6.45, 7) is -0.149. The van der Waals surface area contributed by atoms with Crippen LogP contribution in [0.15, 0.2) is 82.9 Å². The van der Waals surface area contributed by atoms with Crippen LogP contribution in [0.3, 0.4) is 0 Å². The number of nitrogens with one attached hydrogen (secondary N) is 1. The molecule has 39 heavy (non-hydrogen) atoms. The summed E-state index contributed by atoms with van der Waals surface area (Å²) >= 11 is 0. The van der Waals surface area contributed by atoms with E-state index in [9.17, 15) is 39.6 Å². The third-order valence-corrected chi connectivity index (χ3v) is 6.69. The van der Waals surface area contributed by atoms with Crippen LogP contribution in [0.2, 0.25) is 0 Å². The first-order chi connectivity index (χ1) is 18.5. The maximum absolute atomic E-state index is 13.5. The molecule has 0 saturated heterocycles. The molecule has 5 rings (SSSR count). The van der Waals surface area contributed by atoms with Crippen LogP contribution in [0.4, 0.5) is 5.69 Å². The Kier molecular flexibility index (Phi) is 6.17. The molecule has 0 spiro atoms. The van der Waals surface area contributed by atoms with Crippen molar-refractivity contribution in [1.82, 2.24) is 0 Å². The Morgan fingerprint density at radius 3 is 2.41 bits per heavy atom. The molecule has 198 valence electrons. The molecule has 7 N–H and O–H groups in total. The summed E-state index contributed by atoms with van der Waals surface area (Å²) in [5, 5.41) is 45.6. The van der Waals surface area contributed by atoms with Crippen molar-refractivity contribution in [3.63, 3.8) is 0 Å². The molecule has 2 aromatic rings. The van der Waals surface area contributed by atoms with E-state index in [1.165, 1.54) is 24.3 Å². The Morgan fingerprint density at radius 2 is 1.72 bits per heavy atom. The van der Waals surface area contributed by atoms with Crippen LogP contribution in [0.5, 0.6) is 5.75 Å². The van der Waals surface area contributed by atoms with Gasteiger partial charge in [-0.1, -0.05) is 36.4 Å². The van der Waals surface area contributed by atoms with Gasteiger partial charge in [0.1, 0.15) is 18.1 Å². The van der Waals surface area contributed by atoms with E-state index in [2.05, 4.69) is 5.32 Å². The first-order valence-electron chi connectivity index (χ1n) is 11.7. The molecule has 3 aliphatic carbocycles. The van der Waals surface area contributed by atoms with Crippen molar-refractivity contribution >= 4 is 35.1 Å². The van der Waals surface area contributed by atoms with Crippen LogP contribution in [-0.4, -0.2) is 56.0 Å². The largest absolute Gasteiger partial charge is 0.511 e. The molecule has 2 unspecified atom stereocenters. The summed E-state index contributed by atoms with van der Waals surface area (Å²) in [5.41, 5.74) is 2.38. The molecule has 0 aliphatic heterocycles. The Hall–Kier alpha value is -5.00. The highest BCUT2D eigenvalue weighted by molar-refractivity contribution is 6.22. The van der Waals surface area contributed by atoms with E-state index in [4.69, 9.17) is 10.5 Å². The van der Waals surface area contributed by atoms with Gasteiger partial charge in [0.25, 0.3) is 0 Å². The highest BCUT2D eigenvalue weighted by Crippen LogP contribution is 2.47. The van der Waals surface area contributed by atoms with Gasteiger partial charge in [0.15, 0.2) is 17.5 Å². The summed E-state index contributed by atoms with van der Waals surface area (Å²) in [6.07, 6.45) is 3.55. The summed E-state index contributed by atoms with van der Waals surface area (Å²) in [7, 11) is 0. The van der Waals surface area contributed by atoms with Crippen LogP contribution in [-0.2, 0) is 25.7 Å². The van der Waals surface area contributed by atoms with Crippen molar-refractivity contribution in [3.05, 3.63) is 99.5 Å². The van der Waals surface area contributed by atoms with E-state index < -0.39 is 57.7 Å². The topological polar surface area (TPSA) is 196 Å². The highest BCUT2D eigenvalue weighted by Gasteiger charge is 2.56. The van der Waals surface area contributed by atoms with Gasteiger partial charge in [-0.15, -0.1) is 0 Å². The lowest BCUT2D eigenvalue weighted by Gasteiger charge is -2.38. The van der Waals surface area contributed by atoms with Crippen LogP contribution in [0, 0.1) is 5.92 Å². The molecular weight excluding hydrogens is 508 g/mol. The minimum absolute atomic E-state index is 0.0875. The van der Waals surface area contributed by atoms with Gasteiger partial charge in [0.05, 0.1) is 23.4 Å². The second-order valence-electron chi connectivity index (χ2n) is 9.18. The summed E-state index contributed by atoms with van der Waals surface area (Å²) in [4.78, 5) is 50.6. The van der Waals surface area contributed by atoms with Gasteiger partial charge < -0.3 is 36.2 Å². The second-order valence-corrected chi connectivity index (χ2v) is 9.18. The predicted molar refractivity (Wildman–Crippen MR) is 136 cm³/mol. The Labute approximate surface area is 220 Å². The maximum atomic E-state index is 13.5. The van der Waals surface area contributed by atoms with Gasteiger partial charge >= 0.3 is 0 Å². The monoisotopic (exact) mass is 530 g/mol. The zero-order chi connectivity index (χ0) is 28.1. The molecule has 2 aromatic carbocycles. The van der Waals surface area contributed by atoms with E-state index in [-0.39, 0.29) is 41.2 Å². The molecule has 11 heteroatoms. The van der Waals surface area contributed by atoms with Crippen molar-refractivity contribution in [1.29, 1.82) is 0 Å². The SMILES string of the molecule is NC(=O)C1C(=O)C2(O)C(=CC3=Cc4ccc(NC(=O)COCc5ccccc5)c(O)c4C(=O)C3=C2O)C=C1O. The van der Waals surface area contributed by atoms with Gasteiger partial charge in [-0.25, -0.2) is 0 Å². The Bertz CT molecular complexity index is 1580. The van der Waals surface area contributed by atoms with E-state index in [1.807, 2.05) is 30.3 Å². The van der Waals surface area contributed by atoms with Gasteiger partial charge in [0, 0.05) is 5.57 Å². The van der Waals surface area contributed by atoms with Crippen molar-refractivity contribution < 1.29 is 44.3 Å². The normalized spacial score (nSPS) is 21.7. The lowest BCUT2D eigenvalue weighted by atomic mass is 9.68. The summed E-state index contributed by atoms with van der Waals surface area (Å²) in [6, 6.07) is 12.0. The maximum Gasteiger partial charge on any atom is 0.250 e. The molecule has 0 bridgehead atoms. The molecule has 0 fully saturated rings. The average Bonchev–Trinajstić information content (AvgIpc) is 2.88. The quantitative estimate of drug-likeness (QED) is 0.238. The molecule has 11 nitrogen and oxygen atoms in total. The molecule has 3 aliphatic rings. The van der Waals surface area contributed by atoms with E-state index in [0.29, 0.717) is 0 Å². The molecule has 0 heterocycles. The van der Waals surface area contributed by atoms with E-state index in [1.54, 1.807) is 0 Å². The number of benzene rings is 2. The standard InChI is InChI=1S/C28H22N2O9/c29-27(37)22-18(31)10-16-9-15-8-14-6-7-17(30-19(32)12-39-11-13-4-2-1-3-5-13)23(33)20(14)24(34)21(15)25(35)28(16,38)26(22)36/h1-10,22,31,33,35,38H,11-12H2,(H2,29,37)(H,30,32). The van der Waals surface area contributed by atoms with Crippen molar-refractivity contribution in [2.45, 2.75) is 12.2 Å². The first kappa shape index (κ1) is 25.6. The van der Waals surface area contributed by atoms with Crippen molar-refractivity contribution in [2.24, 2.45) is 11.7 Å². The number of amides is 2. The zero-order valence-corrected chi connectivity index (χ0v) is 20.2. The number of carbonyl (C=O) groups is 4. The van der Waals surface area contributed by atoms with Crippen LogP contribution in [0.25, 0.3) is 6.08 Å². The number of fused-ring (bicyclic) bond motifs is 3. The lowest BCUT2D eigenvalue weighted by Crippen LogP contribution is -2.54. The van der Waals surface area contributed by atoms with Gasteiger partial charge in [-0.05, 0) is 41.0 Å². The van der Waals surface area contributed by atoms with Crippen molar-refractivity contribution in [2.75, 3.05) is 11.9 Å². The Balaban J connectivity index is 1.45. The van der Waals surface area contributed by atoms with Crippen molar-refractivity contribution in [3.8, 4) is 5.75 Å². The molecule has 2 atom stereocenters. The van der Waals surface area contributed by atoms with Gasteiger partial charge in [-0.2, -0.15) is 0 Å². The second kappa shape index (κ2) is 9.39. The number of nitrogens with two attached hydrogens (primary N) is 1. The zero-order valence-electron chi connectivity index (χ0n) is 20.2. The average molecular weight is 530 g/mol. The smallest absolute Gasteiger partial charge is 0.250 e. The van der Waals surface area contributed by atoms with E-state index >= 15 is 0 Å². The minimum Gasteiger partial charge on any atom is -0.511 e. The number of ketones is 2. The number of phenols is 1. The van der Waals surface area contributed by atoms with Crippen LogP contribution in [0.1, 0.15) is 21.5 Å². The molecular formula is C28H22N2O9. The number of aromatic hydroxyl groups is 1. The fraction of sp³-hybridized carbons (Fsp3) is 0.143. The number of aliphatic hydroxyl groups is 3. The number of Topliss-reactive ketones (excluding diaryl/α,β-unsaturated/α-hetero) is 2. The van der Waals surface area contributed by atoms with Crippen LogP contribution >= 0.6 is 0 Å². The third kappa shape index (κ3) is 4.10. The summed E-state index contributed by atoms with van der Waals surface area (Å²) in [5.74, 6) is -8.46. The number of ether oxygens (including phenoxy) is 1. The predicted octanol–water partition coefficient (Wildman–Crippen LogP) is 1.74.